The topological polar surface area (TPSA) is 55.1 Å². The van der Waals surface area contributed by atoms with Crippen LogP contribution in [-0.4, -0.2) is 12.5 Å². The summed E-state index contributed by atoms with van der Waals surface area (Å²) < 4.78 is 0.905. The first kappa shape index (κ1) is 12.7. The number of nitrogens with one attached hydrogen (secondary N) is 1. The van der Waals surface area contributed by atoms with E-state index in [0.717, 1.165) is 10.1 Å². The summed E-state index contributed by atoms with van der Waals surface area (Å²) in [7, 11) is 0. The maximum absolute atomic E-state index is 11.9. The Morgan fingerprint density at radius 2 is 2.33 bits per heavy atom. The molecule has 3 nitrogen and oxygen atoms in total. The number of carbonyl (C=O) groups excluding carboxylic acids is 1. The Bertz CT molecular complexity index is 642. The van der Waals surface area contributed by atoms with Crippen molar-refractivity contribution >= 4 is 44.6 Å². The minimum atomic E-state index is -0.194. The number of hydrogen-bond acceptors (Lipinski definition) is 3. The molecular formula is C13H11ClN2OS. The number of terminal acetylenes is 1. The molecule has 1 amide bonds. The van der Waals surface area contributed by atoms with Crippen LogP contribution < -0.4 is 11.1 Å². The summed E-state index contributed by atoms with van der Waals surface area (Å²) >= 11 is 7.24. The molecule has 2 aromatic rings. The Kier molecular flexibility index (Phi) is 3.75. The maximum atomic E-state index is 11.9. The summed E-state index contributed by atoms with van der Waals surface area (Å²) in [4.78, 5) is 12.4. The van der Waals surface area contributed by atoms with E-state index >= 15 is 0 Å². The highest BCUT2D eigenvalue weighted by molar-refractivity contribution is 7.21. The van der Waals surface area contributed by atoms with Crippen LogP contribution in [0.2, 0.25) is 5.02 Å². The van der Waals surface area contributed by atoms with Crippen molar-refractivity contribution in [2.24, 2.45) is 0 Å². The van der Waals surface area contributed by atoms with Crippen LogP contribution in [0.1, 0.15) is 16.1 Å². The van der Waals surface area contributed by atoms with E-state index in [1.807, 2.05) is 6.07 Å². The van der Waals surface area contributed by atoms with Crippen molar-refractivity contribution in [3.05, 3.63) is 28.1 Å². The number of carbonyl (C=O) groups is 1. The molecule has 0 saturated heterocycles. The summed E-state index contributed by atoms with van der Waals surface area (Å²) in [6, 6.07) is 5.38. The van der Waals surface area contributed by atoms with Crippen molar-refractivity contribution in [3.63, 3.8) is 0 Å². The van der Waals surface area contributed by atoms with Gasteiger partial charge < -0.3 is 11.1 Å². The number of rotatable bonds is 3. The molecule has 3 N–H and O–H groups in total. The summed E-state index contributed by atoms with van der Waals surface area (Å²) in [5, 5.41) is 4.21. The normalized spacial score (nSPS) is 10.2. The monoisotopic (exact) mass is 278 g/mol. The van der Waals surface area contributed by atoms with E-state index in [-0.39, 0.29) is 5.91 Å². The highest BCUT2D eigenvalue weighted by Crippen LogP contribution is 2.35. The van der Waals surface area contributed by atoms with E-state index in [9.17, 15) is 4.79 Å². The van der Waals surface area contributed by atoms with E-state index in [2.05, 4.69) is 11.2 Å². The minimum Gasteiger partial charge on any atom is -0.397 e. The van der Waals surface area contributed by atoms with Gasteiger partial charge in [-0.2, -0.15) is 0 Å². The van der Waals surface area contributed by atoms with Crippen LogP contribution in [0, 0.1) is 12.3 Å². The fraction of sp³-hybridized carbons (Fsp3) is 0.154. The minimum absolute atomic E-state index is 0.194. The predicted molar refractivity (Wildman–Crippen MR) is 77.0 cm³/mol. The Balaban J connectivity index is 2.31. The molecule has 1 heterocycles. The molecule has 0 bridgehead atoms. The van der Waals surface area contributed by atoms with Crippen LogP contribution in [0.3, 0.4) is 0 Å². The number of nitrogens with two attached hydrogens (primary N) is 1. The lowest BCUT2D eigenvalue weighted by molar-refractivity contribution is 0.0959. The van der Waals surface area contributed by atoms with Gasteiger partial charge in [-0.1, -0.05) is 11.6 Å². The van der Waals surface area contributed by atoms with Gasteiger partial charge in [0.25, 0.3) is 5.91 Å². The van der Waals surface area contributed by atoms with Crippen LogP contribution in [-0.2, 0) is 0 Å². The van der Waals surface area contributed by atoms with Gasteiger partial charge in [-0.15, -0.1) is 23.7 Å². The maximum Gasteiger partial charge on any atom is 0.263 e. The second kappa shape index (κ2) is 5.30. The average molecular weight is 279 g/mol. The van der Waals surface area contributed by atoms with Gasteiger partial charge in [-0.25, -0.2) is 0 Å². The second-order valence-corrected chi connectivity index (χ2v) is 5.18. The van der Waals surface area contributed by atoms with Gasteiger partial charge in [-0.3, -0.25) is 4.79 Å². The van der Waals surface area contributed by atoms with Gasteiger partial charge in [0, 0.05) is 28.1 Å². The van der Waals surface area contributed by atoms with Gasteiger partial charge in [0.1, 0.15) is 4.88 Å². The van der Waals surface area contributed by atoms with Crippen molar-refractivity contribution in [2.45, 2.75) is 6.42 Å². The van der Waals surface area contributed by atoms with Crippen LogP contribution in [0.5, 0.6) is 0 Å². The number of amides is 1. The molecule has 0 fully saturated rings. The molecule has 0 aliphatic rings. The van der Waals surface area contributed by atoms with Gasteiger partial charge in [0.05, 0.1) is 5.69 Å². The molecule has 0 atom stereocenters. The molecule has 0 aliphatic carbocycles. The zero-order valence-corrected chi connectivity index (χ0v) is 11.1. The molecule has 92 valence electrons. The number of hydrogen-bond donors (Lipinski definition) is 2. The number of nitrogen functional groups attached to an aromatic ring is 1. The zero-order chi connectivity index (χ0) is 13.1. The molecule has 0 aliphatic heterocycles. The molecule has 1 aromatic carbocycles. The van der Waals surface area contributed by atoms with E-state index in [0.29, 0.717) is 28.6 Å². The number of fused-ring (bicyclic) bond motifs is 1. The van der Waals surface area contributed by atoms with Crippen LogP contribution in [0.4, 0.5) is 5.69 Å². The third-order valence-corrected chi connectivity index (χ3v) is 3.85. The third kappa shape index (κ3) is 2.42. The highest BCUT2D eigenvalue weighted by Gasteiger charge is 2.15. The Labute approximate surface area is 114 Å². The predicted octanol–water partition coefficient (Wildman–Crippen LogP) is 2.89. The summed E-state index contributed by atoms with van der Waals surface area (Å²) in [6.07, 6.45) is 5.63. The summed E-state index contributed by atoms with van der Waals surface area (Å²) in [5.74, 6) is 2.27. The van der Waals surface area contributed by atoms with Crippen molar-refractivity contribution in [1.82, 2.24) is 5.32 Å². The van der Waals surface area contributed by atoms with E-state index in [4.69, 9.17) is 23.8 Å². The third-order valence-electron chi connectivity index (χ3n) is 2.45. The molecule has 1 aromatic heterocycles. The Morgan fingerprint density at radius 1 is 1.56 bits per heavy atom. The smallest absolute Gasteiger partial charge is 0.263 e. The fourth-order valence-electron chi connectivity index (χ4n) is 1.59. The van der Waals surface area contributed by atoms with Gasteiger partial charge in [-0.05, 0) is 18.2 Å². The molecule has 2 rings (SSSR count). The number of anilines is 1. The van der Waals surface area contributed by atoms with Crippen LogP contribution in [0.15, 0.2) is 18.2 Å². The first-order valence-corrected chi connectivity index (χ1v) is 6.52. The molecule has 0 spiro atoms. The SMILES string of the molecule is C#CCCNC(=O)c1sc2cc(Cl)ccc2c1N. The second-order valence-electron chi connectivity index (χ2n) is 3.70. The molecule has 18 heavy (non-hydrogen) atoms. The van der Waals surface area contributed by atoms with E-state index in [1.54, 1.807) is 12.1 Å². The van der Waals surface area contributed by atoms with Crippen LogP contribution >= 0.6 is 22.9 Å². The Morgan fingerprint density at radius 3 is 3.06 bits per heavy atom. The van der Waals surface area contributed by atoms with Crippen molar-refractivity contribution < 1.29 is 4.79 Å². The van der Waals surface area contributed by atoms with Crippen molar-refractivity contribution in [1.29, 1.82) is 0 Å². The lowest BCUT2D eigenvalue weighted by Crippen LogP contribution is -2.23. The summed E-state index contributed by atoms with van der Waals surface area (Å²) in [6.45, 7) is 0.448. The van der Waals surface area contributed by atoms with Crippen LogP contribution in [0.25, 0.3) is 10.1 Å². The van der Waals surface area contributed by atoms with Gasteiger partial charge in [0.15, 0.2) is 0 Å². The largest absolute Gasteiger partial charge is 0.397 e. The first-order chi connectivity index (χ1) is 8.63. The molecule has 0 saturated carbocycles. The van der Waals surface area contributed by atoms with E-state index < -0.39 is 0 Å². The van der Waals surface area contributed by atoms with E-state index in [1.165, 1.54) is 11.3 Å². The number of thiophene rings is 1. The Hall–Kier alpha value is -1.70. The molecule has 5 heteroatoms. The fourth-order valence-corrected chi connectivity index (χ4v) is 2.90. The number of benzene rings is 1. The zero-order valence-electron chi connectivity index (χ0n) is 9.50. The summed E-state index contributed by atoms with van der Waals surface area (Å²) in [5.41, 5.74) is 6.45. The highest BCUT2D eigenvalue weighted by atomic mass is 35.5. The lowest BCUT2D eigenvalue weighted by Gasteiger charge is -2.01. The molecule has 0 radical (unpaired) electrons. The quantitative estimate of drug-likeness (QED) is 0.670. The number of halogens is 1. The van der Waals surface area contributed by atoms with Crippen molar-refractivity contribution in [2.75, 3.05) is 12.3 Å². The molecular weight excluding hydrogens is 268 g/mol. The lowest BCUT2D eigenvalue weighted by atomic mass is 10.2. The standard InChI is InChI=1S/C13H11ClN2OS/c1-2-3-6-16-13(17)12-11(15)9-5-4-8(14)7-10(9)18-12/h1,4-5,7H,3,6,15H2,(H,16,17). The van der Waals surface area contributed by atoms with Crippen molar-refractivity contribution in [3.8, 4) is 12.3 Å². The average Bonchev–Trinajstić information content (AvgIpc) is 2.66. The first-order valence-electron chi connectivity index (χ1n) is 5.32. The van der Waals surface area contributed by atoms with Gasteiger partial charge in [0.2, 0.25) is 0 Å². The molecule has 0 unspecified atom stereocenters. The van der Waals surface area contributed by atoms with Gasteiger partial charge >= 0.3 is 0 Å².